The number of carbonyl (C=O) groups excluding carboxylic acids is 1. The number of ether oxygens (including phenoxy) is 1. The van der Waals surface area contributed by atoms with Gasteiger partial charge >= 0.3 is 5.97 Å². The Kier molecular flexibility index (Phi) is 5.03. The molecule has 0 bridgehead atoms. The van der Waals surface area contributed by atoms with Crippen molar-refractivity contribution in [3.8, 4) is 0 Å². The van der Waals surface area contributed by atoms with Crippen LogP contribution in [0.1, 0.15) is 23.2 Å². The molecule has 114 valence electrons. The Morgan fingerprint density at radius 3 is 2.38 bits per heavy atom. The molecule has 2 rings (SSSR count). The van der Waals surface area contributed by atoms with Crippen molar-refractivity contribution in [1.29, 1.82) is 0 Å². The van der Waals surface area contributed by atoms with Gasteiger partial charge in [-0.2, -0.15) is 0 Å². The molecule has 1 fully saturated rings. The van der Waals surface area contributed by atoms with Gasteiger partial charge in [-0.15, -0.1) is 0 Å². The summed E-state index contributed by atoms with van der Waals surface area (Å²) in [5.74, 6) is -1.37. The van der Waals surface area contributed by atoms with Crippen molar-refractivity contribution in [3.63, 3.8) is 0 Å². The van der Waals surface area contributed by atoms with E-state index in [0.29, 0.717) is 26.1 Å². The first-order valence-corrected chi connectivity index (χ1v) is 7.11. The molecule has 2 N–H and O–H groups in total. The summed E-state index contributed by atoms with van der Waals surface area (Å²) in [7, 11) is 0. The number of carboxylic acid groups (broad SMARTS) is 1. The number of nitrogens with one attached hydrogen (secondary N) is 1. The van der Waals surface area contributed by atoms with Gasteiger partial charge in [0.15, 0.2) is 0 Å². The first-order valence-electron chi connectivity index (χ1n) is 6.35. The number of pyridine rings is 1. The van der Waals surface area contributed by atoms with E-state index in [-0.39, 0.29) is 22.4 Å². The molecular weight excluding hydrogens is 319 g/mol. The third-order valence-electron chi connectivity index (χ3n) is 3.52. The number of halogens is 2. The van der Waals surface area contributed by atoms with Crippen LogP contribution in [0.5, 0.6) is 0 Å². The predicted molar refractivity (Wildman–Crippen MR) is 76.7 cm³/mol. The summed E-state index contributed by atoms with van der Waals surface area (Å²) in [5, 5.41) is 12.2. The highest BCUT2D eigenvalue weighted by Crippen LogP contribution is 2.30. The first kappa shape index (κ1) is 16.0. The average molecular weight is 333 g/mol. The second kappa shape index (κ2) is 6.60. The molecule has 0 radical (unpaired) electrons. The van der Waals surface area contributed by atoms with Gasteiger partial charge in [0.2, 0.25) is 0 Å². The van der Waals surface area contributed by atoms with Crippen molar-refractivity contribution >= 4 is 35.1 Å². The molecule has 1 aliphatic heterocycles. The number of carboxylic acids is 1. The predicted octanol–water partition coefficient (Wildman–Crippen LogP) is 2.00. The maximum Gasteiger partial charge on any atom is 0.311 e. The van der Waals surface area contributed by atoms with E-state index in [1.54, 1.807) is 0 Å². The van der Waals surface area contributed by atoms with Crippen molar-refractivity contribution in [1.82, 2.24) is 10.3 Å². The molecule has 1 aliphatic rings. The van der Waals surface area contributed by atoms with Gasteiger partial charge in [0.05, 0.1) is 5.41 Å². The van der Waals surface area contributed by atoms with E-state index in [2.05, 4.69) is 10.3 Å². The van der Waals surface area contributed by atoms with Crippen LogP contribution in [0.3, 0.4) is 0 Å². The van der Waals surface area contributed by atoms with E-state index >= 15 is 0 Å². The van der Waals surface area contributed by atoms with Gasteiger partial charge in [-0.25, -0.2) is 4.98 Å². The van der Waals surface area contributed by atoms with Crippen LogP contribution in [0.25, 0.3) is 0 Å². The number of nitrogens with zero attached hydrogens (tertiary/aromatic N) is 1. The van der Waals surface area contributed by atoms with Gasteiger partial charge < -0.3 is 15.2 Å². The van der Waals surface area contributed by atoms with E-state index in [1.165, 1.54) is 12.1 Å². The van der Waals surface area contributed by atoms with E-state index in [9.17, 15) is 14.7 Å². The molecule has 0 aromatic carbocycles. The number of rotatable bonds is 4. The molecule has 0 atom stereocenters. The van der Waals surface area contributed by atoms with Crippen molar-refractivity contribution in [3.05, 3.63) is 28.0 Å². The van der Waals surface area contributed by atoms with E-state index in [1.807, 2.05) is 0 Å². The quantitative estimate of drug-likeness (QED) is 0.823. The van der Waals surface area contributed by atoms with Crippen molar-refractivity contribution in [2.24, 2.45) is 5.41 Å². The summed E-state index contributed by atoms with van der Waals surface area (Å²) in [4.78, 5) is 27.3. The minimum absolute atomic E-state index is 0.0298. The van der Waals surface area contributed by atoms with Crippen molar-refractivity contribution in [2.75, 3.05) is 19.8 Å². The molecule has 8 heteroatoms. The monoisotopic (exact) mass is 332 g/mol. The third kappa shape index (κ3) is 3.84. The molecule has 0 spiro atoms. The smallest absolute Gasteiger partial charge is 0.311 e. The SMILES string of the molecule is O=C(NCC1(C(=O)O)CCOCC1)c1cc(Cl)nc(Cl)c1. The second-order valence-electron chi connectivity index (χ2n) is 4.88. The fraction of sp³-hybridized carbons (Fsp3) is 0.462. The molecule has 1 amide bonds. The summed E-state index contributed by atoms with van der Waals surface area (Å²) < 4.78 is 5.18. The molecule has 0 saturated carbocycles. The lowest BCUT2D eigenvalue weighted by molar-refractivity contribution is -0.154. The summed E-state index contributed by atoms with van der Waals surface area (Å²) in [6.45, 7) is 0.770. The normalized spacial score (nSPS) is 17.2. The van der Waals surface area contributed by atoms with Crippen molar-refractivity contribution in [2.45, 2.75) is 12.8 Å². The molecule has 1 aromatic rings. The van der Waals surface area contributed by atoms with Gasteiger partial charge in [0.25, 0.3) is 5.91 Å². The van der Waals surface area contributed by atoms with Gasteiger partial charge in [-0.05, 0) is 25.0 Å². The van der Waals surface area contributed by atoms with Crippen LogP contribution in [-0.2, 0) is 9.53 Å². The highest BCUT2D eigenvalue weighted by Gasteiger charge is 2.40. The molecule has 0 aliphatic carbocycles. The average Bonchev–Trinajstić information content (AvgIpc) is 2.44. The Labute approximate surface area is 131 Å². The van der Waals surface area contributed by atoms with Crippen LogP contribution in [0.15, 0.2) is 12.1 Å². The zero-order valence-electron chi connectivity index (χ0n) is 11.1. The van der Waals surface area contributed by atoms with Gasteiger partial charge in [-0.1, -0.05) is 23.2 Å². The molecule has 2 heterocycles. The Bertz CT molecular complexity index is 539. The minimum Gasteiger partial charge on any atom is -0.481 e. The Hall–Kier alpha value is -1.37. The first-order chi connectivity index (χ1) is 9.93. The van der Waals surface area contributed by atoms with E-state index in [4.69, 9.17) is 27.9 Å². The summed E-state index contributed by atoms with van der Waals surface area (Å²) in [5.41, 5.74) is -0.748. The molecule has 1 aromatic heterocycles. The molecular formula is C13H14Cl2N2O4. The number of amides is 1. The van der Waals surface area contributed by atoms with Crippen LogP contribution in [0.4, 0.5) is 0 Å². The lowest BCUT2D eigenvalue weighted by atomic mass is 9.80. The molecule has 6 nitrogen and oxygen atoms in total. The standard InChI is InChI=1S/C13H14Cl2N2O4/c14-9-5-8(6-10(15)17-9)11(18)16-7-13(12(19)20)1-3-21-4-2-13/h5-6H,1-4,7H2,(H,16,18)(H,19,20). The molecule has 1 saturated heterocycles. The Morgan fingerprint density at radius 1 is 1.29 bits per heavy atom. The maximum atomic E-state index is 12.1. The minimum atomic E-state index is -0.992. The number of hydrogen-bond acceptors (Lipinski definition) is 4. The van der Waals surface area contributed by atoms with E-state index < -0.39 is 17.3 Å². The van der Waals surface area contributed by atoms with Crippen LogP contribution >= 0.6 is 23.2 Å². The van der Waals surface area contributed by atoms with Crippen LogP contribution in [0, 0.1) is 5.41 Å². The number of aliphatic carboxylic acids is 1. The van der Waals surface area contributed by atoms with E-state index in [0.717, 1.165) is 0 Å². The van der Waals surface area contributed by atoms with Gasteiger partial charge in [0.1, 0.15) is 10.3 Å². The van der Waals surface area contributed by atoms with Crippen molar-refractivity contribution < 1.29 is 19.4 Å². The second-order valence-corrected chi connectivity index (χ2v) is 5.66. The number of aromatic nitrogens is 1. The summed E-state index contributed by atoms with van der Waals surface area (Å²) in [6.07, 6.45) is 0.723. The highest BCUT2D eigenvalue weighted by molar-refractivity contribution is 6.33. The van der Waals surface area contributed by atoms with Gasteiger partial charge in [-0.3, -0.25) is 9.59 Å². The maximum absolute atomic E-state index is 12.1. The number of carbonyl (C=O) groups is 2. The number of hydrogen-bond donors (Lipinski definition) is 2. The molecule has 0 unspecified atom stereocenters. The summed E-state index contributed by atoms with van der Waals surface area (Å²) in [6, 6.07) is 2.75. The zero-order valence-corrected chi connectivity index (χ0v) is 12.6. The largest absolute Gasteiger partial charge is 0.481 e. The fourth-order valence-corrected chi connectivity index (χ4v) is 2.64. The Balaban J connectivity index is 2.06. The fourth-order valence-electron chi connectivity index (χ4n) is 2.18. The topological polar surface area (TPSA) is 88.5 Å². The zero-order chi connectivity index (χ0) is 15.5. The summed E-state index contributed by atoms with van der Waals surface area (Å²) >= 11 is 11.5. The van der Waals surface area contributed by atoms with Gasteiger partial charge in [0, 0.05) is 25.3 Å². The lowest BCUT2D eigenvalue weighted by Crippen LogP contribution is -2.46. The van der Waals surface area contributed by atoms with Crippen LogP contribution in [0.2, 0.25) is 10.3 Å². The lowest BCUT2D eigenvalue weighted by Gasteiger charge is -2.33. The third-order valence-corrected chi connectivity index (χ3v) is 3.90. The molecule has 21 heavy (non-hydrogen) atoms. The van der Waals surface area contributed by atoms with Crippen LogP contribution in [-0.4, -0.2) is 41.7 Å². The Morgan fingerprint density at radius 2 is 1.86 bits per heavy atom. The van der Waals surface area contributed by atoms with Crippen LogP contribution < -0.4 is 5.32 Å². The highest BCUT2D eigenvalue weighted by atomic mass is 35.5.